The van der Waals surface area contributed by atoms with E-state index in [2.05, 4.69) is 20.8 Å². The summed E-state index contributed by atoms with van der Waals surface area (Å²) in [6.45, 7) is 8.50. The zero-order valence-corrected chi connectivity index (χ0v) is 12.6. The van der Waals surface area contributed by atoms with Gasteiger partial charge in [-0.05, 0) is 25.2 Å². The van der Waals surface area contributed by atoms with Crippen LogP contribution in [0.1, 0.15) is 53.4 Å². The summed E-state index contributed by atoms with van der Waals surface area (Å²) in [4.78, 5) is 21.1. The lowest BCUT2D eigenvalue weighted by Crippen LogP contribution is -2.15. The highest BCUT2D eigenvalue weighted by molar-refractivity contribution is 5.81. The monoisotopic (exact) mass is 269 g/mol. The Hall–Kier alpha value is -1.32. The highest BCUT2D eigenvalue weighted by Crippen LogP contribution is 2.51. The number of hydrogen-bond acceptors (Lipinski definition) is 3. The summed E-state index contributed by atoms with van der Waals surface area (Å²) in [7, 11) is 0. The summed E-state index contributed by atoms with van der Waals surface area (Å²) in [5.41, 5.74) is 5.25. The second kappa shape index (κ2) is 8.73. The van der Waals surface area contributed by atoms with Crippen molar-refractivity contribution in [3.05, 3.63) is 12.2 Å². The van der Waals surface area contributed by atoms with Gasteiger partial charge >= 0.3 is 5.97 Å². The molecular weight excluding hydrogens is 242 g/mol. The molecular formula is C15H27NO3. The Bertz CT molecular complexity index is 321. The SMILES string of the molecule is CC1(C)C[C@@H]1C(N)=O.CCCCC=CC(=O)OCC. The van der Waals surface area contributed by atoms with Crippen molar-refractivity contribution >= 4 is 11.9 Å². The van der Waals surface area contributed by atoms with Crippen LogP contribution in [0.2, 0.25) is 0 Å². The van der Waals surface area contributed by atoms with E-state index >= 15 is 0 Å². The van der Waals surface area contributed by atoms with Gasteiger partial charge in [-0.2, -0.15) is 0 Å². The maximum atomic E-state index is 10.7. The molecule has 1 amide bonds. The Kier molecular flexibility index (Phi) is 8.12. The lowest BCUT2D eigenvalue weighted by molar-refractivity contribution is -0.137. The van der Waals surface area contributed by atoms with Gasteiger partial charge in [0.05, 0.1) is 6.61 Å². The second-order valence-corrected chi connectivity index (χ2v) is 5.44. The predicted molar refractivity (Wildman–Crippen MR) is 76.4 cm³/mol. The van der Waals surface area contributed by atoms with Crippen molar-refractivity contribution < 1.29 is 14.3 Å². The Morgan fingerprint density at radius 3 is 2.26 bits per heavy atom. The zero-order chi connectivity index (χ0) is 14.9. The van der Waals surface area contributed by atoms with Gasteiger partial charge < -0.3 is 10.5 Å². The van der Waals surface area contributed by atoms with E-state index in [1.807, 2.05) is 6.08 Å². The highest BCUT2D eigenvalue weighted by atomic mass is 16.5. The van der Waals surface area contributed by atoms with Crippen LogP contribution in [0.4, 0.5) is 0 Å². The fourth-order valence-corrected chi connectivity index (χ4v) is 1.64. The Balaban J connectivity index is 0.000000356. The van der Waals surface area contributed by atoms with E-state index in [0.717, 1.165) is 25.7 Å². The molecule has 1 saturated carbocycles. The molecule has 0 aliphatic heterocycles. The van der Waals surface area contributed by atoms with Crippen LogP contribution < -0.4 is 5.73 Å². The van der Waals surface area contributed by atoms with Gasteiger partial charge in [0.1, 0.15) is 0 Å². The van der Waals surface area contributed by atoms with Crippen molar-refractivity contribution in [1.29, 1.82) is 0 Å². The molecule has 19 heavy (non-hydrogen) atoms. The van der Waals surface area contributed by atoms with E-state index in [0.29, 0.717) is 6.61 Å². The standard InChI is InChI=1S/C9H16O2.C6H11NO/c1-3-5-6-7-8-9(10)11-4-2;1-6(2)3-4(6)5(7)8/h7-8H,3-6H2,1-2H3;4H,3H2,1-2H3,(H2,7,8)/t;4-/m.1/s1. The molecule has 1 aliphatic carbocycles. The molecule has 1 aliphatic rings. The molecule has 2 N–H and O–H groups in total. The number of nitrogens with two attached hydrogens (primary N) is 1. The molecule has 0 saturated heterocycles. The summed E-state index contributed by atoms with van der Waals surface area (Å²) in [6, 6.07) is 0. The van der Waals surface area contributed by atoms with E-state index in [4.69, 9.17) is 10.5 Å². The van der Waals surface area contributed by atoms with Crippen LogP contribution in [0.3, 0.4) is 0 Å². The molecule has 0 aromatic carbocycles. The number of ether oxygens (including phenoxy) is 1. The summed E-state index contributed by atoms with van der Waals surface area (Å²) in [5.74, 6) is -0.221. The largest absolute Gasteiger partial charge is 0.463 e. The van der Waals surface area contributed by atoms with Gasteiger partial charge in [0.25, 0.3) is 0 Å². The number of esters is 1. The van der Waals surface area contributed by atoms with Gasteiger partial charge in [0.15, 0.2) is 0 Å². The third-order valence-electron chi connectivity index (χ3n) is 3.12. The zero-order valence-electron chi connectivity index (χ0n) is 12.6. The number of carbonyl (C=O) groups is 2. The summed E-state index contributed by atoms with van der Waals surface area (Å²) >= 11 is 0. The van der Waals surface area contributed by atoms with Crippen LogP contribution in [0.5, 0.6) is 0 Å². The van der Waals surface area contributed by atoms with Crippen LogP contribution in [0.25, 0.3) is 0 Å². The lowest BCUT2D eigenvalue weighted by Gasteiger charge is -1.95. The Morgan fingerprint density at radius 1 is 1.37 bits per heavy atom. The Labute approximate surface area is 116 Å². The van der Waals surface area contributed by atoms with E-state index in [1.54, 1.807) is 6.92 Å². The van der Waals surface area contributed by atoms with Crippen molar-refractivity contribution in [1.82, 2.24) is 0 Å². The molecule has 0 radical (unpaired) electrons. The third-order valence-corrected chi connectivity index (χ3v) is 3.12. The molecule has 0 spiro atoms. The van der Waals surface area contributed by atoms with Gasteiger partial charge in [0.2, 0.25) is 5.91 Å². The predicted octanol–water partition coefficient (Wildman–Crippen LogP) is 2.81. The molecule has 1 atom stereocenters. The first-order valence-corrected chi connectivity index (χ1v) is 6.97. The van der Waals surface area contributed by atoms with Crippen LogP contribution in [-0.4, -0.2) is 18.5 Å². The number of hydrogen-bond donors (Lipinski definition) is 1. The smallest absolute Gasteiger partial charge is 0.330 e. The Morgan fingerprint density at radius 2 is 1.95 bits per heavy atom. The number of primary amides is 1. The first-order valence-electron chi connectivity index (χ1n) is 6.97. The second-order valence-electron chi connectivity index (χ2n) is 5.44. The first-order chi connectivity index (χ1) is 8.85. The number of amides is 1. The third kappa shape index (κ3) is 8.41. The molecule has 1 fully saturated rings. The van der Waals surface area contributed by atoms with E-state index < -0.39 is 0 Å². The fraction of sp³-hybridized carbons (Fsp3) is 0.733. The summed E-state index contributed by atoms with van der Waals surface area (Å²) in [5, 5.41) is 0. The number of allylic oxidation sites excluding steroid dienone is 1. The van der Waals surface area contributed by atoms with Crippen LogP contribution in [0.15, 0.2) is 12.2 Å². The van der Waals surface area contributed by atoms with Gasteiger partial charge in [0, 0.05) is 12.0 Å². The van der Waals surface area contributed by atoms with E-state index in [9.17, 15) is 9.59 Å². The fourth-order valence-electron chi connectivity index (χ4n) is 1.64. The average molecular weight is 269 g/mol. The maximum absolute atomic E-state index is 10.7. The van der Waals surface area contributed by atoms with Crippen LogP contribution >= 0.6 is 0 Å². The molecule has 0 unspecified atom stereocenters. The molecule has 1 rings (SSSR count). The van der Waals surface area contributed by atoms with Gasteiger partial charge in [-0.25, -0.2) is 4.79 Å². The van der Waals surface area contributed by atoms with E-state index in [1.165, 1.54) is 6.08 Å². The molecule has 0 aromatic heterocycles. The highest BCUT2D eigenvalue weighted by Gasteiger charge is 2.49. The molecule has 4 heteroatoms. The van der Waals surface area contributed by atoms with Crippen molar-refractivity contribution in [2.45, 2.75) is 53.4 Å². The first kappa shape index (κ1) is 17.7. The van der Waals surface area contributed by atoms with Crippen molar-refractivity contribution in [2.75, 3.05) is 6.61 Å². The number of carbonyl (C=O) groups excluding carboxylic acids is 2. The van der Waals surface area contributed by atoms with Crippen LogP contribution in [0, 0.1) is 11.3 Å². The number of rotatable bonds is 6. The van der Waals surface area contributed by atoms with Gasteiger partial charge in [-0.1, -0.05) is 39.7 Å². The van der Waals surface area contributed by atoms with Crippen LogP contribution in [-0.2, 0) is 14.3 Å². The van der Waals surface area contributed by atoms with Gasteiger partial charge in [-0.3, -0.25) is 4.79 Å². The van der Waals surface area contributed by atoms with E-state index in [-0.39, 0.29) is 23.2 Å². The summed E-state index contributed by atoms with van der Waals surface area (Å²) in [6.07, 6.45) is 7.60. The molecule has 4 nitrogen and oxygen atoms in total. The van der Waals surface area contributed by atoms with Crippen molar-refractivity contribution in [2.24, 2.45) is 17.1 Å². The maximum Gasteiger partial charge on any atom is 0.330 e. The molecule has 110 valence electrons. The normalized spacial score (nSPS) is 19.5. The minimum Gasteiger partial charge on any atom is -0.463 e. The minimum atomic E-state index is -0.233. The molecule has 0 bridgehead atoms. The van der Waals surface area contributed by atoms with Gasteiger partial charge in [-0.15, -0.1) is 0 Å². The van der Waals surface area contributed by atoms with Crippen molar-refractivity contribution in [3.8, 4) is 0 Å². The average Bonchev–Trinajstić information content (AvgIpc) is 2.96. The lowest BCUT2D eigenvalue weighted by atomic mass is 10.1. The quantitative estimate of drug-likeness (QED) is 0.458. The number of unbranched alkanes of at least 4 members (excludes halogenated alkanes) is 2. The summed E-state index contributed by atoms with van der Waals surface area (Å²) < 4.78 is 4.70. The topological polar surface area (TPSA) is 69.4 Å². The molecule has 0 heterocycles. The van der Waals surface area contributed by atoms with Crippen molar-refractivity contribution in [3.63, 3.8) is 0 Å². The minimum absolute atomic E-state index is 0.144. The molecule has 0 aromatic rings.